The number of aromatic nitrogens is 2. The van der Waals surface area contributed by atoms with Crippen LogP contribution >= 0.6 is 11.3 Å². The third-order valence-electron chi connectivity index (χ3n) is 3.65. The van der Waals surface area contributed by atoms with Crippen LogP contribution in [0.4, 0.5) is 5.13 Å². The molecule has 0 unspecified atom stereocenters. The van der Waals surface area contributed by atoms with Crippen LogP contribution in [0.3, 0.4) is 0 Å². The number of thiazole rings is 1. The van der Waals surface area contributed by atoms with E-state index < -0.39 is 10.0 Å². The lowest BCUT2D eigenvalue weighted by molar-refractivity contribution is 0.390. The molecule has 0 aliphatic heterocycles. The van der Waals surface area contributed by atoms with Crippen molar-refractivity contribution in [1.82, 2.24) is 10.1 Å². The molecule has 2 heterocycles. The summed E-state index contributed by atoms with van der Waals surface area (Å²) in [5.41, 5.74) is 1.56. The molecular weight excluding hydrogens is 378 g/mol. The van der Waals surface area contributed by atoms with Crippen LogP contribution in [0.2, 0.25) is 0 Å². The quantitative estimate of drug-likeness (QED) is 0.683. The topological polar surface area (TPSA) is 104 Å². The monoisotopic (exact) mass is 395 g/mol. The minimum Gasteiger partial charge on any atom is -0.497 e. The number of sulfonamides is 1. The van der Waals surface area contributed by atoms with Gasteiger partial charge in [0.2, 0.25) is 0 Å². The second kappa shape index (κ2) is 6.96. The number of hydrogen-bond acceptors (Lipinski definition) is 8. The van der Waals surface area contributed by atoms with E-state index in [0.29, 0.717) is 28.5 Å². The van der Waals surface area contributed by atoms with Crippen LogP contribution in [0.15, 0.2) is 33.0 Å². The molecule has 0 atom stereocenters. The number of hydrogen-bond donors (Lipinski definition) is 1. The van der Waals surface area contributed by atoms with E-state index in [9.17, 15) is 8.42 Å². The summed E-state index contributed by atoms with van der Waals surface area (Å²) in [6.07, 6.45) is 0. The van der Waals surface area contributed by atoms with E-state index in [2.05, 4.69) is 14.9 Å². The number of ether oxygens (including phenoxy) is 2. The Labute approximate surface area is 154 Å². The SMILES string of the molecule is COc1ccc(OC)c(-c2csc(NS(=O)(=O)c3c(C)noc3C)n2)c1. The summed E-state index contributed by atoms with van der Waals surface area (Å²) in [5.74, 6) is 1.48. The Morgan fingerprint density at radius 1 is 1.19 bits per heavy atom. The first-order chi connectivity index (χ1) is 12.4. The normalized spacial score (nSPS) is 11.4. The molecule has 0 radical (unpaired) electrons. The van der Waals surface area contributed by atoms with Crippen LogP contribution in [0.1, 0.15) is 11.5 Å². The third kappa shape index (κ3) is 3.37. The van der Waals surface area contributed by atoms with E-state index in [1.54, 1.807) is 51.6 Å². The second-order valence-electron chi connectivity index (χ2n) is 5.36. The van der Waals surface area contributed by atoms with Gasteiger partial charge in [0.15, 0.2) is 15.8 Å². The van der Waals surface area contributed by atoms with E-state index in [0.717, 1.165) is 11.3 Å². The Balaban J connectivity index is 1.94. The van der Waals surface area contributed by atoms with Crippen molar-refractivity contribution < 1.29 is 22.4 Å². The standard InChI is InChI=1S/C16H17N3O5S2/c1-9-15(10(2)24-18-9)26(20,21)19-16-17-13(8-25-16)12-7-11(22-3)5-6-14(12)23-4/h5-8H,1-4H3,(H,17,19). The maximum Gasteiger partial charge on any atom is 0.269 e. The molecule has 0 saturated carbocycles. The van der Waals surface area contributed by atoms with Gasteiger partial charge in [0.05, 0.1) is 19.9 Å². The summed E-state index contributed by atoms with van der Waals surface area (Å²) in [7, 11) is -0.723. The maximum atomic E-state index is 12.6. The van der Waals surface area contributed by atoms with Gasteiger partial charge in [-0.15, -0.1) is 11.3 Å². The zero-order valence-electron chi connectivity index (χ0n) is 14.6. The Hall–Kier alpha value is -2.59. The van der Waals surface area contributed by atoms with Crippen molar-refractivity contribution in [3.05, 3.63) is 35.0 Å². The predicted octanol–water partition coefficient (Wildman–Crippen LogP) is 3.23. The van der Waals surface area contributed by atoms with Gasteiger partial charge in [-0.25, -0.2) is 13.4 Å². The van der Waals surface area contributed by atoms with Crippen LogP contribution in [-0.2, 0) is 10.0 Å². The van der Waals surface area contributed by atoms with E-state index in [4.69, 9.17) is 14.0 Å². The molecule has 138 valence electrons. The Morgan fingerprint density at radius 3 is 2.58 bits per heavy atom. The molecule has 0 bridgehead atoms. The molecule has 10 heteroatoms. The van der Waals surface area contributed by atoms with Crippen molar-refractivity contribution >= 4 is 26.5 Å². The summed E-state index contributed by atoms with van der Waals surface area (Å²) in [6.45, 7) is 3.11. The van der Waals surface area contributed by atoms with Gasteiger partial charge in [0, 0.05) is 10.9 Å². The highest BCUT2D eigenvalue weighted by molar-refractivity contribution is 7.93. The summed E-state index contributed by atoms with van der Waals surface area (Å²) in [6, 6.07) is 5.32. The van der Waals surface area contributed by atoms with Gasteiger partial charge >= 0.3 is 0 Å². The third-order valence-corrected chi connectivity index (χ3v) is 6.11. The van der Waals surface area contributed by atoms with Crippen molar-refractivity contribution in [2.75, 3.05) is 18.9 Å². The minimum absolute atomic E-state index is 0.0215. The van der Waals surface area contributed by atoms with Gasteiger partial charge in [0.1, 0.15) is 17.2 Å². The smallest absolute Gasteiger partial charge is 0.269 e. The number of nitrogens with zero attached hydrogens (tertiary/aromatic N) is 2. The van der Waals surface area contributed by atoms with E-state index in [-0.39, 0.29) is 15.8 Å². The van der Waals surface area contributed by atoms with E-state index in [1.807, 2.05) is 0 Å². The molecule has 0 aliphatic carbocycles. The molecule has 0 saturated heterocycles. The lowest BCUT2D eigenvalue weighted by Gasteiger charge is -2.08. The van der Waals surface area contributed by atoms with Gasteiger partial charge in [-0.3, -0.25) is 4.72 Å². The molecule has 2 aromatic heterocycles. The zero-order chi connectivity index (χ0) is 18.9. The van der Waals surface area contributed by atoms with Crippen LogP contribution in [0, 0.1) is 13.8 Å². The van der Waals surface area contributed by atoms with Crippen molar-refractivity contribution in [1.29, 1.82) is 0 Å². The Morgan fingerprint density at radius 2 is 1.96 bits per heavy atom. The highest BCUT2D eigenvalue weighted by Crippen LogP contribution is 2.35. The van der Waals surface area contributed by atoms with Crippen LogP contribution in [0.5, 0.6) is 11.5 Å². The van der Waals surface area contributed by atoms with E-state index in [1.165, 1.54) is 0 Å². The number of aryl methyl sites for hydroxylation is 2. The molecule has 1 N–H and O–H groups in total. The summed E-state index contributed by atoms with van der Waals surface area (Å²) in [4.78, 5) is 4.38. The molecular formula is C16H17N3O5S2. The summed E-state index contributed by atoms with van der Waals surface area (Å²) < 4.78 is 43.1. The van der Waals surface area contributed by atoms with Gasteiger partial charge < -0.3 is 14.0 Å². The average Bonchev–Trinajstić information content (AvgIpc) is 3.20. The highest BCUT2D eigenvalue weighted by Gasteiger charge is 2.25. The fraction of sp³-hybridized carbons (Fsp3) is 0.250. The molecule has 3 aromatic rings. The number of benzene rings is 1. The molecule has 26 heavy (non-hydrogen) atoms. The zero-order valence-corrected chi connectivity index (χ0v) is 16.2. The van der Waals surface area contributed by atoms with E-state index >= 15 is 0 Å². The second-order valence-corrected chi connectivity index (χ2v) is 7.84. The maximum absolute atomic E-state index is 12.6. The van der Waals surface area contributed by atoms with Gasteiger partial charge in [-0.05, 0) is 32.0 Å². The van der Waals surface area contributed by atoms with Crippen molar-refractivity contribution in [3.8, 4) is 22.8 Å². The van der Waals surface area contributed by atoms with Crippen LogP contribution in [0.25, 0.3) is 11.3 Å². The fourth-order valence-electron chi connectivity index (χ4n) is 2.48. The fourth-order valence-corrected chi connectivity index (χ4v) is 4.78. The first-order valence-corrected chi connectivity index (χ1v) is 9.85. The first-order valence-electron chi connectivity index (χ1n) is 7.49. The molecule has 1 aromatic carbocycles. The summed E-state index contributed by atoms with van der Waals surface area (Å²) in [5, 5.41) is 5.64. The molecule has 0 aliphatic rings. The van der Waals surface area contributed by atoms with Gasteiger partial charge in [-0.1, -0.05) is 5.16 Å². The minimum atomic E-state index is -3.84. The number of nitrogens with one attached hydrogen (secondary N) is 1. The van der Waals surface area contributed by atoms with Gasteiger partial charge in [-0.2, -0.15) is 0 Å². The number of methoxy groups -OCH3 is 2. The number of anilines is 1. The van der Waals surface area contributed by atoms with Crippen LogP contribution in [-0.4, -0.2) is 32.8 Å². The van der Waals surface area contributed by atoms with Crippen molar-refractivity contribution in [2.45, 2.75) is 18.7 Å². The number of rotatable bonds is 6. The molecule has 3 rings (SSSR count). The lowest BCUT2D eigenvalue weighted by atomic mass is 10.1. The van der Waals surface area contributed by atoms with Crippen molar-refractivity contribution in [3.63, 3.8) is 0 Å². The lowest BCUT2D eigenvalue weighted by Crippen LogP contribution is -2.14. The molecule has 0 fully saturated rings. The first kappa shape index (κ1) is 18.2. The largest absolute Gasteiger partial charge is 0.497 e. The predicted molar refractivity (Wildman–Crippen MR) is 97.4 cm³/mol. The van der Waals surface area contributed by atoms with Crippen LogP contribution < -0.4 is 14.2 Å². The molecule has 0 amide bonds. The summed E-state index contributed by atoms with van der Waals surface area (Å²) >= 11 is 1.16. The Bertz CT molecular complexity index is 1020. The van der Waals surface area contributed by atoms with Gasteiger partial charge in [0.25, 0.3) is 10.0 Å². The van der Waals surface area contributed by atoms with Crippen molar-refractivity contribution in [2.24, 2.45) is 0 Å². The molecule has 8 nitrogen and oxygen atoms in total. The highest BCUT2D eigenvalue weighted by atomic mass is 32.2. The molecule has 0 spiro atoms. The average molecular weight is 395 g/mol. The Kier molecular flexibility index (Phi) is 4.88.